The molecule has 1 unspecified atom stereocenters. The second-order valence-electron chi connectivity index (χ2n) is 4.87. The Morgan fingerprint density at radius 3 is 2.88 bits per heavy atom. The van der Waals surface area contributed by atoms with Gasteiger partial charge in [0.05, 0.1) is 6.61 Å². The zero-order valence-corrected chi connectivity index (χ0v) is 10.5. The summed E-state index contributed by atoms with van der Waals surface area (Å²) in [6.45, 7) is 4.24. The van der Waals surface area contributed by atoms with Gasteiger partial charge in [-0.15, -0.1) is 0 Å². The standard InChI is InChI=1S/C14H22N2O/c1-2-3-6-12(10-17)16-8-11-5-4-7-14(15)13(11)9-16/h4-5,7,12,17H,2-3,6,8-10,15H2,1H3. The molecule has 0 radical (unpaired) electrons. The monoisotopic (exact) mass is 234 g/mol. The summed E-state index contributed by atoms with van der Waals surface area (Å²) in [4.78, 5) is 2.34. The smallest absolute Gasteiger partial charge is 0.0587 e. The van der Waals surface area contributed by atoms with Crippen molar-refractivity contribution in [3.05, 3.63) is 29.3 Å². The van der Waals surface area contributed by atoms with Crippen molar-refractivity contribution in [3.63, 3.8) is 0 Å². The molecule has 0 spiro atoms. The number of hydrogen-bond donors (Lipinski definition) is 2. The van der Waals surface area contributed by atoms with E-state index in [2.05, 4.69) is 17.9 Å². The molecule has 3 nitrogen and oxygen atoms in total. The fourth-order valence-electron chi connectivity index (χ4n) is 2.56. The molecular formula is C14H22N2O. The number of aliphatic hydroxyl groups excluding tert-OH is 1. The van der Waals surface area contributed by atoms with Crippen molar-refractivity contribution in [1.29, 1.82) is 0 Å². The number of anilines is 1. The maximum Gasteiger partial charge on any atom is 0.0587 e. The van der Waals surface area contributed by atoms with Crippen molar-refractivity contribution in [2.75, 3.05) is 12.3 Å². The predicted octanol–water partition coefficient (Wildman–Crippen LogP) is 2.14. The Bertz CT molecular complexity index is 378. The van der Waals surface area contributed by atoms with Crippen molar-refractivity contribution < 1.29 is 5.11 Å². The van der Waals surface area contributed by atoms with Crippen LogP contribution in [0, 0.1) is 0 Å². The van der Waals surface area contributed by atoms with Crippen LogP contribution < -0.4 is 5.73 Å². The normalized spacial score (nSPS) is 17.1. The molecule has 3 N–H and O–H groups in total. The zero-order chi connectivity index (χ0) is 12.3. The summed E-state index contributed by atoms with van der Waals surface area (Å²) in [7, 11) is 0. The summed E-state index contributed by atoms with van der Waals surface area (Å²) in [5, 5.41) is 9.49. The molecule has 1 heterocycles. The highest BCUT2D eigenvalue weighted by Crippen LogP contribution is 2.29. The molecule has 0 aliphatic carbocycles. The van der Waals surface area contributed by atoms with E-state index in [-0.39, 0.29) is 12.6 Å². The van der Waals surface area contributed by atoms with Crippen molar-refractivity contribution in [2.45, 2.75) is 45.3 Å². The van der Waals surface area contributed by atoms with E-state index < -0.39 is 0 Å². The third-order valence-corrected chi connectivity index (χ3v) is 3.66. The molecule has 3 heteroatoms. The Kier molecular flexibility index (Phi) is 4.02. The highest BCUT2D eigenvalue weighted by Gasteiger charge is 2.26. The molecule has 1 atom stereocenters. The van der Waals surface area contributed by atoms with Crippen molar-refractivity contribution >= 4 is 5.69 Å². The predicted molar refractivity (Wildman–Crippen MR) is 70.5 cm³/mol. The molecule has 2 rings (SSSR count). The molecule has 0 saturated carbocycles. The number of nitrogen functional groups attached to an aromatic ring is 1. The summed E-state index contributed by atoms with van der Waals surface area (Å²) in [6, 6.07) is 6.39. The molecule has 0 amide bonds. The number of unbranched alkanes of at least 4 members (excludes halogenated alkanes) is 1. The van der Waals surface area contributed by atoms with Gasteiger partial charge < -0.3 is 10.8 Å². The van der Waals surface area contributed by atoms with E-state index in [1.54, 1.807) is 0 Å². The molecule has 0 aromatic heterocycles. The molecule has 1 aromatic rings. The third-order valence-electron chi connectivity index (χ3n) is 3.66. The van der Waals surface area contributed by atoms with Gasteiger partial charge in [-0.3, -0.25) is 4.90 Å². The molecular weight excluding hydrogens is 212 g/mol. The first-order chi connectivity index (χ1) is 8.26. The Morgan fingerprint density at radius 2 is 2.24 bits per heavy atom. The minimum atomic E-state index is 0.244. The Morgan fingerprint density at radius 1 is 1.41 bits per heavy atom. The van der Waals surface area contributed by atoms with Crippen molar-refractivity contribution in [2.24, 2.45) is 0 Å². The third kappa shape index (κ3) is 2.61. The van der Waals surface area contributed by atoms with E-state index in [1.807, 2.05) is 12.1 Å². The van der Waals surface area contributed by atoms with Gasteiger partial charge in [0, 0.05) is 24.8 Å². The topological polar surface area (TPSA) is 49.5 Å². The Balaban J connectivity index is 2.05. The first kappa shape index (κ1) is 12.4. The average molecular weight is 234 g/mol. The number of fused-ring (bicyclic) bond motifs is 1. The second-order valence-corrected chi connectivity index (χ2v) is 4.87. The summed E-state index contributed by atoms with van der Waals surface area (Å²) in [6.07, 6.45) is 3.42. The first-order valence-corrected chi connectivity index (χ1v) is 6.47. The van der Waals surface area contributed by atoms with E-state index in [4.69, 9.17) is 5.73 Å². The van der Waals surface area contributed by atoms with Gasteiger partial charge in [-0.1, -0.05) is 31.9 Å². The van der Waals surface area contributed by atoms with E-state index in [0.717, 1.165) is 25.2 Å². The molecule has 1 aliphatic rings. The number of nitrogens with two attached hydrogens (primary N) is 1. The average Bonchev–Trinajstić information content (AvgIpc) is 2.75. The molecule has 17 heavy (non-hydrogen) atoms. The summed E-state index contributed by atoms with van der Waals surface area (Å²) < 4.78 is 0. The second kappa shape index (κ2) is 5.52. The van der Waals surface area contributed by atoms with Gasteiger partial charge in [0.1, 0.15) is 0 Å². The van der Waals surface area contributed by atoms with E-state index in [9.17, 15) is 5.11 Å². The van der Waals surface area contributed by atoms with Crippen LogP contribution in [0.2, 0.25) is 0 Å². The summed E-state index contributed by atoms with van der Waals surface area (Å²) in [5.41, 5.74) is 9.44. The van der Waals surface area contributed by atoms with Crippen LogP contribution in [0.3, 0.4) is 0 Å². The fraction of sp³-hybridized carbons (Fsp3) is 0.571. The van der Waals surface area contributed by atoms with Crippen LogP contribution in [0.1, 0.15) is 37.3 Å². The van der Waals surface area contributed by atoms with E-state index in [0.29, 0.717) is 0 Å². The van der Waals surface area contributed by atoms with Gasteiger partial charge >= 0.3 is 0 Å². The molecule has 1 aliphatic heterocycles. The fourth-order valence-corrected chi connectivity index (χ4v) is 2.56. The van der Waals surface area contributed by atoms with Crippen LogP contribution in [0.5, 0.6) is 0 Å². The summed E-state index contributed by atoms with van der Waals surface area (Å²) in [5.74, 6) is 0. The first-order valence-electron chi connectivity index (χ1n) is 6.47. The van der Waals surface area contributed by atoms with Crippen LogP contribution in [0.25, 0.3) is 0 Å². The number of benzene rings is 1. The van der Waals surface area contributed by atoms with E-state index in [1.165, 1.54) is 24.0 Å². The number of nitrogens with zero attached hydrogens (tertiary/aromatic N) is 1. The number of hydrogen-bond acceptors (Lipinski definition) is 3. The summed E-state index contributed by atoms with van der Waals surface area (Å²) >= 11 is 0. The van der Waals surface area contributed by atoms with Crippen molar-refractivity contribution in [1.82, 2.24) is 4.90 Å². The minimum absolute atomic E-state index is 0.244. The Labute approximate surface area is 103 Å². The van der Waals surface area contributed by atoms with Crippen LogP contribution in [0.15, 0.2) is 18.2 Å². The van der Waals surface area contributed by atoms with Gasteiger partial charge in [0.25, 0.3) is 0 Å². The maximum atomic E-state index is 9.49. The SMILES string of the molecule is CCCCC(CO)N1Cc2cccc(N)c2C1. The number of rotatable bonds is 5. The van der Waals surface area contributed by atoms with Gasteiger partial charge in [0.2, 0.25) is 0 Å². The molecule has 0 fully saturated rings. The van der Waals surface area contributed by atoms with Gasteiger partial charge in [-0.05, 0) is 23.6 Å². The lowest BCUT2D eigenvalue weighted by Crippen LogP contribution is -2.33. The highest BCUT2D eigenvalue weighted by atomic mass is 16.3. The lowest BCUT2D eigenvalue weighted by molar-refractivity contribution is 0.113. The van der Waals surface area contributed by atoms with Crippen LogP contribution >= 0.6 is 0 Å². The number of aliphatic hydroxyl groups is 1. The van der Waals surface area contributed by atoms with E-state index >= 15 is 0 Å². The lowest BCUT2D eigenvalue weighted by atomic mass is 10.1. The highest BCUT2D eigenvalue weighted by molar-refractivity contribution is 5.52. The largest absolute Gasteiger partial charge is 0.398 e. The van der Waals surface area contributed by atoms with Gasteiger partial charge in [-0.2, -0.15) is 0 Å². The molecule has 94 valence electrons. The Hall–Kier alpha value is -1.06. The zero-order valence-electron chi connectivity index (χ0n) is 10.5. The van der Waals surface area contributed by atoms with Crippen LogP contribution in [-0.4, -0.2) is 22.7 Å². The van der Waals surface area contributed by atoms with Gasteiger partial charge in [0.15, 0.2) is 0 Å². The minimum Gasteiger partial charge on any atom is -0.398 e. The quantitative estimate of drug-likeness (QED) is 0.767. The molecule has 0 saturated heterocycles. The molecule has 0 bridgehead atoms. The molecule has 1 aromatic carbocycles. The van der Waals surface area contributed by atoms with Crippen LogP contribution in [0.4, 0.5) is 5.69 Å². The maximum absolute atomic E-state index is 9.49. The van der Waals surface area contributed by atoms with Crippen LogP contribution in [-0.2, 0) is 13.1 Å². The van der Waals surface area contributed by atoms with Crippen molar-refractivity contribution in [3.8, 4) is 0 Å². The van der Waals surface area contributed by atoms with Gasteiger partial charge in [-0.25, -0.2) is 0 Å². The lowest BCUT2D eigenvalue weighted by Gasteiger charge is -2.25.